The Balaban J connectivity index is 1.68. The maximum Gasteiger partial charge on any atom is 0.137 e. The number of piperidine rings is 1. The highest BCUT2D eigenvalue weighted by Crippen LogP contribution is 2.41. The molecule has 0 aliphatic carbocycles. The van der Waals surface area contributed by atoms with Gasteiger partial charge >= 0.3 is 0 Å². The van der Waals surface area contributed by atoms with Crippen molar-refractivity contribution in [1.82, 2.24) is 24.2 Å². The number of fused-ring (bicyclic) bond motifs is 1. The van der Waals surface area contributed by atoms with Crippen molar-refractivity contribution in [2.24, 2.45) is 0 Å². The second-order valence-corrected chi connectivity index (χ2v) is 8.61. The second-order valence-electron chi connectivity index (χ2n) is 8.61. The summed E-state index contributed by atoms with van der Waals surface area (Å²) in [4.78, 5) is 14.6. The van der Waals surface area contributed by atoms with Crippen molar-refractivity contribution in [3.05, 3.63) is 65.4 Å². The summed E-state index contributed by atoms with van der Waals surface area (Å²) in [5.74, 6) is 0. The molecule has 1 aliphatic rings. The van der Waals surface area contributed by atoms with E-state index in [4.69, 9.17) is 9.97 Å². The van der Waals surface area contributed by atoms with Gasteiger partial charge in [-0.05, 0) is 90.5 Å². The van der Waals surface area contributed by atoms with E-state index in [1.54, 1.807) is 0 Å². The molecule has 0 N–H and O–H groups in total. The number of rotatable bonds is 6. The molecule has 0 spiro atoms. The van der Waals surface area contributed by atoms with Gasteiger partial charge in [0.05, 0.1) is 23.5 Å². The van der Waals surface area contributed by atoms with E-state index in [1.165, 1.54) is 29.1 Å². The van der Waals surface area contributed by atoms with Gasteiger partial charge in [0.25, 0.3) is 0 Å². The molecule has 5 heteroatoms. The van der Waals surface area contributed by atoms with Crippen LogP contribution in [-0.4, -0.2) is 51.9 Å². The van der Waals surface area contributed by atoms with E-state index in [0.29, 0.717) is 12.1 Å². The standard InChI is InChI=1S/C24H33N5/c1-18-10-8-15-25-23(18)19-11-7-12-20(28(19)4)24-21(13-9-16-27(2)3)29-17-6-5-14-22(29)26-24/h5-6,8,10,14-15,17,19-20H,7,9,11-13,16H2,1-4H3. The topological polar surface area (TPSA) is 36.7 Å². The first-order chi connectivity index (χ1) is 14.1. The largest absolute Gasteiger partial charge is 0.309 e. The monoisotopic (exact) mass is 391 g/mol. The van der Waals surface area contributed by atoms with Gasteiger partial charge in [-0.1, -0.05) is 12.1 Å². The Morgan fingerprint density at radius 1 is 1.07 bits per heavy atom. The Morgan fingerprint density at radius 3 is 2.62 bits per heavy atom. The lowest BCUT2D eigenvalue weighted by molar-refractivity contribution is 0.108. The summed E-state index contributed by atoms with van der Waals surface area (Å²) in [6.07, 6.45) is 9.81. The molecule has 0 bridgehead atoms. The smallest absolute Gasteiger partial charge is 0.137 e. The first-order valence-corrected chi connectivity index (χ1v) is 10.8. The number of hydrogen-bond acceptors (Lipinski definition) is 4. The minimum Gasteiger partial charge on any atom is -0.309 e. The van der Waals surface area contributed by atoms with Crippen LogP contribution in [0.25, 0.3) is 5.65 Å². The fraction of sp³-hybridized carbons (Fsp3) is 0.500. The van der Waals surface area contributed by atoms with Gasteiger partial charge in [0, 0.05) is 18.1 Å². The average Bonchev–Trinajstić information content (AvgIpc) is 3.07. The molecular weight excluding hydrogens is 358 g/mol. The van der Waals surface area contributed by atoms with Crippen LogP contribution >= 0.6 is 0 Å². The van der Waals surface area contributed by atoms with Gasteiger partial charge in [0.15, 0.2) is 0 Å². The number of hydrogen-bond donors (Lipinski definition) is 0. The molecular formula is C24H33N5. The van der Waals surface area contributed by atoms with Crippen molar-refractivity contribution in [3.63, 3.8) is 0 Å². The fourth-order valence-electron chi connectivity index (χ4n) is 4.78. The number of aryl methyl sites for hydroxylation is 2. The number of imidazole rings is 1. The Labute approximate surface area is 174 Å². The van der Waals surface area contributed by atoms with Crippen molar-refractivity contribution in [1.29, 1.82) is 0 Å². The zero-order valence-corrected chi connectivity index (χ0v) is 18.2. The second kappa shape index (κ2) is 8.64. The summed E-state index contributed by atoms with van der Waals surface area (Å²) < 4.78 is 2.30. The van der Waals surface area contributed by atoms with E-state index in [1.807, 2.05) is 12.3 Å². The van der Waals surface area contributed by atoms with Crippen LogP contribution in [0.4, 0.5) is 0 Å². The summed E-state index contributed by atoms with van der Waals surface area (Å²) in [5.41, 5.74) is 6.20. The van der Waals surface area contributed by atoms with Crippen LogP contribution in [-0.2, 0) is 6.42 Å². The molecule has 154 valence electrons. The third-order valence-corrected chi connectivity index (χ3v) is 6.30. The molecule has 1 fully saturated rings. The van der Waals surface area contributed by atoms with Gasteiger partial charge in [-0.3, -0.25) is 9.88 Å². The van der Waals surface area contributed by atoms with E-state index in [2.05, 4.69) is 72.7 Å². The van der Waals surface area contributed by atoms with E-state index < -0.39 is 0 Å². The van der Waals surface area contributed by atoms with Gasteiger partial charge in [0.1, 0.15) is 5.65 Å². The third-order valence-electron chi connectivity index (χ3n) is 6.30. The lowest BCUT2D eigenvalue weighted by atomic mass is 9.90. The Hall–Kier alpha value is -2.24. The molecule has 0 aromatic carbocycles. The summed E-state index contributed by atoms with van der Waals surface area (Å²) in [6, 6.07) is 11.2. The molecule has 0 saturated carbocycles. The van der Waals surface area contributed by atoms with Gasteiger partial charge in [-0.25, -0.2) is 4.98 Å². The van der Waals surface area contributed by atoms with Crippen LogP contribution in [0.3, 0.4) is 0 Å². The van der Waals surface area contributed by atoms with Crippen LogP contribution in [0.2, 0.25) is 0 Å². The predicted molar refractivity (Wildman–Crippen MR) is 118 cm³/mol. The number of likely N-dealkylation sites (tertiary alicyclic amines) is 1. The first kappa shape index (κ1) is 20.0. The molecule has 2 unspecified atom stereocenters. The highest BCUT2D eigenvalue weighted by molar-refractivity contribution is 5.44. The Bertz CT molecular complexity index is 961. The van der Waals surface area contributed by atoms with Gasteiger partial charge < -0.3 is 9.30 Å². The number of nitrogens with zero attached hydrogens (tertiary/aromatic N) is 5. The minimum absolute atomic E-state index is 0.337. The SMILES string of the molecule is Cc1cccnc1C1CCCC(c2nc3ccccn3c2CCCN(C)C)N1C. The molecule has 0 radical (unpaired) electrons. The van der Waals surface area contributed by atoms with Crippen molar-refractivity contribution in [2.45, 2.75) is 51.1 Å². The van der Waals surface area contributed by atoms with Crippen LogP contribution in [0.15, 0.2) is 42.7 Å². The molecule has 0 amide bonds. The summed E-state index contributed by atoms with van der Waals surface area (Å²) in [6.45, 7) is 3.27. The molecule has 1 aliphatic heterocycles. The van der Waals surface area contributed by atoms with Crippen molar-refractivity contribution < 1.29 is 0 Å². The molecule has 1 saturated heterocycles. The molecule has 2 atom stereocenters. The third kappa shape index (κ3) is 4.07. The molecule has 29 heavy (non-hydrogen) atoms. The van der Waals surface area contributed by atoms with Crippen LogP contribution < -0.4 is 0 Å². The Kier molecular flexibility index (Phi) is 5.97. The van der Waals surface area contributed by atoms with Crippen LogP contribution in [0.1, 0.15) is 60.4 Å². The predicted octanol–water partition coefficient (Wildman–Crippen LogP) is 4.43. The lowest BCUT2D eigenvalue weighted by Crippen LogP contribution is -2.34. The van der Waals surface area contributed by atoms with Gasteiger partial charge in [-0.2, -0.15) is 0 Å². The van der Waals surface area contributed by atoms with Crippen molar-refractivity contribution in [2.75, 3.05) is 27.7 Å². The zero-order chi connectivity index (χ0) is 20.4. The van der Waals surface area contributed by atoms with Gasteiger partial charge in [-0.15, -0.1) is 0 Å². The van der Waals surface area contributed by atoms with E-state index >= 15 is 0 Å². The Morgan fingerprint density at radius 2 is 1.86 bits per heavy atom. The molecule has 5 nitrogen and oxygen atoms in total. The van der Waals surface area contributed by atoms with E-state index in [9.17, 15) is 0 Å². The average molecular weight is 392 g/mol. The molecule has 3 aromatic heterocycles. The highest BCUT2D eigenvalue weighted by atomic mass is 15.2. The van der Waals surface area contributed by atoms with E-state index in [-0.39, 0.29) is 0 Å². The van der Waals surface area contributed by atoms with Crippen LogP contribution in [0, 0.1) is 6.92 Å². The molecule has 4 rings (SSSR count). The molecule has 3 aromatic rings. The number of aromatic nitrogens is 3. The number of pyridine rings is 2. The lowest BCUT2D eigenvalue weighted by Gasteiger charge is -2.39. The fourth-order valence-corrected chi connectivity index (χ4v) is 4.78. The minimum atomic E-state index is 0.337. The highest BCUT2D eigenvalue weighted by Gasteiger charge is 2.34. The zero-order valence-electron chi connectivity index (χ0n) is 18.2. The van der Waals surface area contributed by atoms with Crippen molar-refractivity contribution >= 4 is 5.65 Å². The van der Waals surface area contributed by atoms with Crippen molar-refractivity contribution in [3.8, 4) is 0 Å². The van der Waals surface area contributed by atoms with E-state index in [0.717, 1.165) is 37.9 Å². The summed E-state index contributed by atoms with van der Waals surface area (Å²) >= 11 is 0. The van der Waals surface area contributed by atoms with Crippen LogP contribution in [0.5, 0.6) is 0 Å². The maximum atomic E-state index is 5.12. The normalized spacial score (nSPS) is 20.6. The molecule has 4 heterocycles. The summed E-state index contributed by atoms with van der Waals surface area (Å²) in [7, 11) is 6.55. The summed E-state index contributed by atoms with van der Waals surface area (Å²) in [5, 5.41) is 0. The first-order valence-electron chi connectivity index (χ1n) is 10.8. The maximum absolute atomic E-state index is 5.12. The van der Waals surface area contributed by atoms with Gasteiger partial charge in [0.2, 0.25) is 0 Å². The quantitative estimate of drug-likeness (QED) is 0.623.